The quantitative estimate of drug-likeness (QED) is 0.524. The van der Waals surface area contributed by atoms with E-state index < -0.39 is 13.6 Å². The van der Waals surface area contributed by atoms with E-state index in [0.717, 1.165) is 18.9 Å². The molecule has 3 nitrogen and oxygen atoms in total. The molecule has 0 radical (unpaired) electrons. The van der Waals surface area contributed by atoms with E-state index in [9.17, 15) is 0 Å². The van der Waals surface area contributed by atoms with Gasteiger partial charge in [-0.3, -0.25) is 0 Å². The summed E-state index contributed by atoms with van der Waals surface area (Å²) in [6.45, 7) is 6.34. The molecule has 1 fully saturated rings. The molecule has 1 aliphatic rings. The summed E-state index contributed by atoms with van der Waals surface area (Å²) in [5, 5.41) is -0.554. The van der Waals surface area contributed by atoms with E-state index in [1.54, 1.807) is 0 Å². The predicted molar refractivity (Wildman–Crippen MR) is 57.6 cm³/mol. The standard InChI is InChI=1S/C9H22N2OSi/c1-4-9(10,11)13(3)7-5-6-8(2)12-13/h8H,4-7,10-11H2,1-3H3. The van der Waals surface area contributed by atoms with Gasteiger partial charge in [0.25, 0.3) is 0 Å². The highest BCUT2D eigenvalue weighted by Gasteiger charge is 2.47. The van der Waals surface area contributed by atoms with Crippen molar-refractivity contribution >= 4 is 8.32 Å². The highest BCUT2D eigenvalue weighted by Crippen LogP contribution is 2.31. The largest absolute Gasteiger partial charge is 0.411 e. The van der Waals surface area contributed by atoms with Crippen LogP contribution in [0.2, 0.25) is 12.6 Å². The first-order valence-corrected chi connectivity index (χ1v) is 7.78. The molecule has 0 spiro atoms. The van der Waals surface area contributed by atoms with Gasteiger partial charge in [-0.2, -0.15) is 0 Å². The second-order valence-corrected chi connectivity index (χ2v) is 8.57. The van der Waals surface area contributed by atoms with Crippen LogP contribution in [-0.4, -0.2) is 19.7 Å². The van der Waals surface area contributed by atoms with Crippen molar-refractivity contribution in [1.29, 1.82) is 0 Å². The predicted octanol–water partition coefficient (Wildman–Crippen LogP) is 1.32. The summed E-state index contributed by atoms with van der Waals surface area (Å²) in [4.78, 5) is 0. The maximum Gasteiger partial charge on any atom is 0.223 e. The average molecular weight is 202 g/mol. The van der Waals surface area contributed by atoms with Gasteiger partial charge >= 0.3 is 0 Å². The van der Waals surface area contributed by atoms with Crippen LogP contribution in [0.5, 0.6) is 0 Å². The Kier molecular flexibility index (Phi) is 3.17. The molecular formula is C9H22N2OSi. The van der Waals surface area contributed by atoms with Crippen LogP contribution in [-0.2, 0) is 4.43 Å². The molecule has 4 N–H and O–H groups in total. The van der Waals surface area contributed by atoms with Crippen LogP contribution in [0.4, 0.5) is 0 Å². The molecule has 1 rings (SSSR count). The number of nitrogens with two attached hydrogens (primary N) is 2. The average Bonchev–Trinajstić information content (AvgIpc) is 2.03. The zero-order valence-corrected chi connectivity index (χ0v) is 9.97. The molecule has 0 saturated carbocycles. The fourth-order valence-electron chi connectivity index (χ4n) is 2.01. The minimum Gasteiger partial charge on any atom is -0.411 e. The minimum atomic E-state index is -1.87. The molecule has 2 atom stereocenters. The van der Waals surface area contributed by atoms with Crippen LogP contribution < -0.4 is 11.5 Å². The van der Waals surface area contributed by atoms with E-state index >= 15 is 0 Å². The van der Waals surface area contributed by atoms with Crippen molar-refractivity contribution in [3.63, 3.8) is 0 Å². The smallest absolute Gasteiger partial charge is 0.223 e. The molecule has 1 saturated heterocycles. The van der Waals surface area contributed by atoms with Gasteiger partial charge in [0.1, 0.15) is 0 Å². The normalized spacial score (nSPS) is 36.2. The Morgan fingerprint density at radius 1 is 1.54 bits per heavy atom. The van der Waals surface area contributed by atoms with Gasteiger partial charge in [0.05, 0.1) is 5.29 Å². The summed E-state index contributed by atoms with van der Waals surface area (Å²) >= 11 is 0. The topological polar surface area (TPSA) is 61.3 Å². The molecule has 1 heterocycles. The Hall–Kier alpha value is 0.0969. The van der Waals surface area contributed by atoms with Crippen LogP contribution in [0.1, 0.15) is 33.1 Å². The summed E-state index contributed by atoms with van der Waals surface area (Å²) in [6.07, 6.45) is 3.54. The van der Waals surface area contributed by atoms with Crippen LogP contribution in [0.15, 0.2) is 0 Å². The molecule has 0 bridgehead atoms. The van der Waals surface area contributed by atoms with E-state index in [1.165, 1.54) is 6.42 Å². The third-order valence-corrected chi connectivity index (χ3v) is 7.85. The highest BCUT2D eigenvalue weighted by molar-refractivity contribution is 6.75. The molecule has 0 aromatic carbocycles. The monoisotopic (exact) mass is 202 g/mol. The van der Waals surface area contributed by atoms with Gasteiger partial charge in [-0.1, -0.05) is 13.3 Å². The third-order valence-electron chi connectivity index (χ3n) is 3.30. The molecule has 13 heavy (non-hydrogen) atoms. The van der Waals surface area contributed by atoms with E-state index in [4.69, 9.17) is 15.9 Å². The van der Waals surface area contributed by atoms with Crippen molar-refractivity contribution in [2.24, 2.45) is 11.5 Å². The molecule has 4 heteroatoms. The number of hydrogen-bond acceptors (Lipinski definition) is 3. The molecular weight excluding hydrogens is 180 g/mol. The summed E-state index contributed by atoms with van der Waals surface area (Å²) in [5.41, 5.74) is 12.2. The Morgan fingerprint density at radius 2 is 2.15 bits per heavy atom. The van der Waals surface area contributed by atoms with Gasteiger partial charge in [-0.25, -0.2) is 0 Å². The summed E-state index contributed by atoms with van der Waals surface area (Å²) < 4.78 is 6.02. The first-order chi connectivity index (χ1) is 5.91. The van der Waals surface area contributed by atoms with Crippen molar-refractivity contribution in [2.75, 3.05) is 0 Å². The van der Waals surface area contributed by atoms with Crippen molar-refractivity contribution < 1.29 is 4.43 Å². The lowest BCUT2D eigenvalue weighted by Crippen LogP contribution is -2.71. The summed E-state index contributed by atoms with van der Waals surface area (Å²) in [6, 6.07) is 1.11. The van der Waals surface area contributed by atoms with Crippen LogP contribution in [0.25, 0.3) is 0 Å². The molecule has 78 valence electrons. The van der Waals surface area contributed by atoms with Crippen molar-refractivity contribution in [3.8, 4) is 0 Å². The Bertz CT molecular complexity index is 186. The van der Waals surface area contributed by atoms with E-state index in [1.807, 2.05) is 6.92 Å². The van der Waals surface area contributed by atoms with Gasteiger partial charge in [0.15, 0.2) is 0 Å². The maximum atomic E-state index is 6.10. The van der Waals surface area contributed by atoms with Gasteiger partial charge in [0, 0.05) is 6.10 Å². The fourth-order valence-corrected chi connectivity index (χ4v) is 5.44. The fraction of sp³-hybridized carbons (Fsp3) is 1.00. The van der Waals surface area contributed by atoms with E-state index in [0.29, 0.717) is 6.10 Å². The van der Waals surface area contributed by atoms with Crippen LogP contribution >= 0.6 is 0 Å². The second kappa shape index (κ2) is 3.69. The Balaban J connectivity index is 2.74. The molecule has 0 aliphatic carbocycles. The second-order valence-electron chi connectivity index (χ2n) is 4.45. The van der Waals surface area contributed by atoms with E-state index in [-0.39, 0.29) is 0 Å². The first-order valence-electron chi connectivity index (χ1n) is 5.17. The van der Waals surface area contributed by atoms with Gasteiger partial charge in [0.2, 0.25) is 8.32 Å². The third kappa shape index (κ3) is 2.12. The molecule has 0 aromatic rings. The van der Waals surface area contributed by atoms with Crippen molar-refractivity contribution in [3.05, 3.63) is 0 Å². The van der Waals surface area contributed by atoms with Crippen molar-refractivity contribution in [1.82, 2.24) is 0 Å². The van der Waals surface area contributed by atoms with Gasteiger partial charge < -0.3 is 15.9 Å². The lowest BCUT2D eigenvalue weighted by molar-refractivity contribution is 0.159. The van der Waals surface area contributed by atoms with E-state index in [2.05, 4.69) is 13.5 Å². The Labute approximate surface area is 82.0 Å². The Morgan fingerprint density at radius 3 is 2.62 bits per heavy atom. The van der Waals surface area contributed by atoms with Gasteiger partial charge in [-0.05, 0) is 32.4 Å². The highest BCUT2D eigenvalue weighted by atomic mass is 28.4. The summed E-state index contributed by atoms with van der Waals surface area (Å²) in [5.74, 6) is 0. The van der Waals surface area contributed by atoms with Crippen molar-refractivity contribution in [2.45, 2.75) is 57.1 Å². The zero-order chi connectivity index (χ0) is 10.1. The lowest BCUT2D eigenvalue weighted by Gasteiger charge is -2.45. The maximum absolute atomic E-state index is 6.10. The first kappa shape index (κ1) is 11.2. The molecule has 2 unspecified atom stereocenters. The van der Waals surface area contributed by atoms with Gasteiger partial charge in [-0.15, -0.1) is 0 Å². The van der Waals surface area contributed by atoms with Crippen LogP contribution in [0.3, 0.4) is 0 Å². The lowest BCUT2D eigenvalue weighted by atomic mass is 10.2. The zero-order valence-electron chi connectivity index (χ0n) is 8.97. The molecule has 1 aliphatic heterocycles. The van der Waals surface area contributed by atoms with Crippen LogP contribution in [0, 0.1) is 0 Å². The minimum absolute atomic E-state index is 0.350. The molecule has 0 amide bonds. The number of rotatable bonds is 2. The SMILES string of the molecule is CCC(N)(N)[Si]1(C)CCCC(C)O1. The molecule has 0 aromatic heterocycles. The number of hydrogen-bond donors (Lipinski definition) is 2. The summed E-state index contributed by atoms with van der Waals surface area (Å²) in [7, 11) is -1.87.